The van der Waals surface area contributed by atoms with Gasteiger partial charge in [-0.3, -0.25) is 0 Å². The van der Waals surface area contributed by atoms with Crippen LogP contribution in [0, 0.1) is 5.82 Å². The summed E-state index contributed by atoms with van der Waals surface area (Å²) in [7, 11) is 1.82. The third-order valence-electron chi connectivity index (χ3n) is 2.56. The maximum atomic E-state index is 14.2. The lowest BCUT2D eigenvalue weighted by Gasteiger charge is -2.19. The summed E-state index contributed by atoms with van der Waals surface area (Å²) in [5.74, 6) is 0.138. The zero-order valence-corrected chi connectivity index (χ0v) is 11.5. The molecule has 1 heterocycles. The topological polar surface area (TPSA) is 28.2 Å². The van der Waals surface area contributed by atoms with Crippen LogP contribution >= 0.6 is 0 Å². The average Bonchev–Trinajstić information content (AvgIpc) is 2.30. The summed E-state index contributed by atoms with van der Waals surface area (Å²) in [6.07, 6.45) is 2.69. The van der Waals surface area contributed by atoms with Crippen molar-refractivity contribution in [3.05, 3.63) is 35.8 Å². The smallest absolute Gasteiger partial charge is 0.170 e. The molecule has 3 nitrogen and oxygen atoms in total. The van der Waals surface area contributed by atoms with Crippen molar-refractivity contribution >= 4 is 5.82 Å². The van der Waals surface area contributed by atoms with Gasteiger partial charge in [-0.2, -0.15) is 0 Å². The second kappa shape index (κ2) is 7.11. The van der Waals surface area contributed by atoms with Crippen LogP contribution in [0.15, 0.2) is 24.4 Å². The highest BCUT2D eigenvalue weighted by atomic mass is 19.1. The van der Waals surface area contributed by atoms with E-state index in [4.69, 9.17) is 0 Å². The molecule has 0 aliphatic rings. The Kier molecular flexibility index (Phi) is 5.78. The van der Waals surface area contributed by atoms with Crippen LogP contribution in [-0.2, 0) is 6.54 Å². The highest BCUT2D eigenvalue weighted by Crippen LogP contribution is 2.18. The fourth-order valence-electron chi connectivity index (χ4n) is 1.75. The van der Waals surface area contributed by atoms with Crippen molar-refractivity contribution in [3.63, 3.8) is 0 Å². The van der Waals surface area contributed by atoms with E-state index in [1.54, 1.807) is 17.2 Å². The van der Waals surface area contributed by atoms with Crippen molar-refractivity contribution in [1.29, 1.82) is 0 Å². The number of aromatic nitrogens is 1. The highest BCUT2D eigenvalue weighted by Gasteiger charge is 2.12. The Balaban J connectivity index is 2.80. The van der Waals surface area contributed by atoms with Crippen molar-refractivity contribution in [3.8, 4) is 0 Å². The fourth-order valence-corrected chi connectivity index (χ4v) is 1.75. The van der Waals surface area contributed by atoms with Gasteiger partial charge in [0, 0.05) is 31.9 Å². The first-order chi connectivity index (χ1) is 8.56. The molecular formula is C14H22FN3. The van der Waals surface area contributed by atoms with Crippen LogP contribution in [0.3, 0.4) is 0 Å². The van der Waals surface area contributed by atoms with Crippen LogP contribution in [0.25, 0.3) is 0 Å². The quantitative estimate of drug-likeness (QED) is 0.596. The van der Waals surface area contributed by atoms with E-state index in [0.29, 0.717) is 24.5 Å². The van der Waals surface area contributed by atoms with Gasteiger partial charge in [0.1, 0.15) is 0 Å². The van der Waals surface area contributed by atoms with E-state index in [2.05, 4.69) is 23.8 Å². The molecule has 0 saturated carbocycles. The summed E-state index contributed by atoms with van der Waals surface area (Å²) in [6.45, 7) is 9.86. The van der Waals surface area contributed by atoms with Gasteiger partial charge < -0.3 is 10.2 Å². The van der Waals surface area contributed by atoms with E-state index in [9.17, 15) is 4.39 Å². The second-order valence-electron chi connectivity index (χ2n) is 4.60. The van der Waals surface area contributed by atoms with E-state index in [1.165, 1.54) is 0 Å². The van der Waals surface area contributed by atoms with Crippen LogP contribution < -0.4 is 10.2 Å². The lowest BCUT2D eigenvalue weighted by molar-refractivity contribution is 0.579. The molecule has 0 unspecified atom stereocenters. The lowest BCUT2D eigenvalue weighted by Crippen LogP contribution is -2.23. The Morgan fingerprint density at radius 1 is 1.56 bits per heavy atom. The van der Waals surface area contributed by atoms with E-state index >= 15 is 0 Å². The Labute approximate surface area is 109 Å². The van der Waals surface area contributed by atoms with Crippen LogP contribution in [0.1, 0.15) is 25.8 Å². The summed E-state index contributed by atoms with van der Waals surface area (Å²) in [5, 5.41) is 3.20. The molecule has 4 heteroatoms. The van der Waals surface area contributed by atoms with Gasteiger partial charge in [-0.15, -0.1) is 0 Å². The van der Waals surface area contributed by atoms with Gasteiger partial charge in [0.15, 0.2) is 11.6 Å². The summed E-state index contributed by atoms with van der Waals surface area (Å²) in [5.41, 5.74) is 1.63. The Bertz CT molecular complexity index is 404. The average molecular weight is 251 g/mol. The van der Waals surface area contributed by atoms with Crippen LogP contribution in [0.2, 0.25) is 0 Å². The number of anilines is 1. The Morgan fingerprint density at radius 3 is 2.89 bits per heavy atom. The predicted octanol–water partition coefficient (Wildman–Crippen LogP) is 2.73. The molecule has 0 fully saturated rings. The molecule has 0 aliphatic carbocycles. The zero-order chi connectivity index (χ0) is 13.5. The van der Waals surface area contributed by atoms with Crippen LogP contribution in [0.4, 0.5) is 10.2 Å². The third kappa shape index (κ3) is 4.11. The molecule has 18 heavy (non-hydrogen) atoms. The van der Waals surface area contributed by atoms with E-state index < -0.39 is 0 Å². The van der Waals surface area contributed by atoms with Crippen molar-refractivity contribution in [2.24, 2.45) is 0 Å². The fraction of sp³-hybridized carbons (Fsp3) is 0.500. The number of halogens is 1. The second-order valence-corrected chi connectivity index (χ2v) is 4.60. The summed E-state index contributed by atoms with van der Waals surface area (Å²) < 4.78 is 14.2. The largest absolute Gasteiger partial charge is 0.353 e. The van der Waals surface area contributed by atoms with Gasteiger partial charge >= 0.3 is 0 Å². The maximum Gasteiger partial charge on any atom is 0.170 e. The van der Waals surface area contributed by atoms with Crippen LogP contribution in [0.5, 0.6) is 0 Å². The van der Waals surface area contributed by atoms with Gasteiger partial charge in [-0.1, -0.05) is 19.1 Å². The number of nitrogens with one attached hydrogen (secondary N) is 1. The standard InChI is InChI=1S/C14H22FN3/c1-5-7-16-9-12-6-8-17-14(13(12)15)18(4)10-11(2)3/h6,8,16H,2,5,7,9-10H2,1,3-4H3. The predicted molar refractivity (Wildman–Crippen MR) is 74.3 cm³/mol. The molecule has 0 amide bonds. The SMILES string of the molecule is C=C(C)CN(C)c1nccc(CNCCC)c1F. The molecule has 0 radical (unpaired) electrons. The molecule has 0 atom stereocenters. The molecule has 1 aromatic heterocycles. The molecule has 1 rings (SSSR count). The van der Waals surface area contributed by atoms with Gasteiger partial charge in [-0.25, -0.2) is 9.37 Å². The van der Waals surface area contributed by atoms with Crippen molar-refractivity contribution in [2.45, 2.75) is 26.8 Å². The van der Waals surface area contributed by atoms with Gasteiger partial charge in [0.05, 0.1) is 0 Å². The van der Waals surface area contributed by atoms with Gasteiger partial charge in [-0.05, 0) is 26.0 Å². The highest BCUT2D eigenvalue weighted by molar-refractivity contribution is 5.43. The summed E-state index contributed by atoms with van der Waals surface area (Å²) in [6, 6.07) is 1.72. The first-order valence-corrected chi connectivity index (χ1v) is 6.25. The molecule has 1 aromatic rings. The number of hydrogen-bond donors (Lipinski definition) is 1. The lowest BCUT2D eigenvalue weighted by atomic mass is 10.2. The molecule has 0 aliphatic heterocycles. The minimum atomic E-state index is -0.246. The molecular weight excluding hydrogens is 229 g/mol. The van der Waals surface area contributed by atoms with Crippen LogP contribution in [-0.4, -0.2) is 25.1 Å². The van der Waals surface area contributed by atoms with E-state index in [-0.39, 0.29) is 5.82 Å². The molecule has 0 spiro atoms. The summed E-state index contributed by atoms with van der Waals surface area (Å²) >= 11 is 0. The number of likely N-dealkylation sites (N-methyl/N-ethyl adjacent to an activating group) is 1. The van der Waals surface area contributed by atoms with Crippen molar-refractivity contribution < 1.29 is 4.39 Å². The first kappa shape index (κ1) is 14.6. The minimum Gasteiger partial charge on any atom is -0.353 e. The van der Waals surface area contributed by atoms with E-state index in [0.717, 1.165) is 18.5 Å². The number of hydrogen-bond acceptors (Lipinski definition) is 3. The molecule has 100 valence electrons. The molecule has 1 N–H and O–H groups in total. The minimum absolute atomic E-state index is 0.246. The van der Waals surface area contributed by atoms with E-state index in [1.807, 2.05) is 14.0 Å². The molecule has 0 aromatic carbocycles. The monoisotopic (exact) mass is 251 g/mol. The third-order valence-corrected chi connectivity index (χ3v) is 2.56. The van der Waals surface area contributed by atoms with Gasteiger partial charge in [0.2, 0.25) is 0 Å². The number of nitrogens with zero attached hydrogens (tertiary/aromatic N) is 2. The zero-order valence-electron chi connectivity index (χ0n) is 11.5. The van der Waals surface area contributed by atoms with Crippen molar-refractivity contribution in [2.75, 3.05) is 25.0 Å². The Hall–Kier alpha value is -1.42. The number of pyridine rings is 1. The summed E-state index contributed by atoms with van der Waals surface area (Å²) in [4.78, 5) is 5.88. The Morgan fingerprint density at radius 2 is 2.28 bits per heavy atom. The normalized spacial score (nSPS) is 10.4. The van der Waals surface area contributed by atoms with Crippen molar-refractivity contribution in [1.82, 2.24) is 10.3 Å². The van der Waals surface area contributed by atoms with Gasteiger partial charge in [0.25, 0.3) is 0 Å². The maximum absolute atomic E-state index is 14.2. The first-order valence-electron chi connectivity index (χ1n) is 6.25. The molecule has 0 bridgehead atoms. The number of rotatable bonds is 7. The molecule has 0 saturated heterocycles.